The van der Waals surface area contributed by atoms with Gasteiger partial charge >= 0.3 is 0 Å². The topological polar surface area (TPSA) is 21.3 Å². The van der Waals surface area contributed by atoms with E-state index in [0.29, 0.717) is 12.0 Å². The molecule has 2 nitrogen and oxygen atoms in total. The third-order valence-electron chi connectivity index (χ3n) is 2.67. The molecular weight excluding hydrogens is 286 g/mol. The van der Waals surface area contributed by atoms with E-state index in [1.54, 1.807) is 18.4 Å². The fourth-order valence-electron chi connectivity index (χ4n) is 1.71. The van der Waals surface area contributed by atoms with Gasteiger partial charge in [0.15, 0.2) is 5.06 Å². The first-order valence-electron chi connectivity index (χ1n) is 5.64. The van der Waals surface area contributed by atoms with Crippen LogP contribution >= 0.6 is 27.3 Å². The number of hydrogen-bond acceptors (Lipinski definition) is 3. The van der Waals surface area contributed by atoms with Gasteiger partial charge in [-0.05, 0) is 34.3 Å². The maximum absolute atomic E-state index is 5.25. The summed E-state index contributed by atoms with van der Waals surface area (Å²) in [4.78, 5) is 1.31. The second-order valence-electron chi connectivity index (χ2n) is 4.19. The van der Waals surface area contributed by atoms with Crippen molar-refractivity contribution in [1.82, 2.24) is 5.32 Å². The Kier molecular flexibility index (Phi) is 5.79. The molecule has 1 aromatic heterocycles. The van der Waals surface area contributed by atoms with Crippen molar-refractivity contribution in [2.75, 3.05) is 7.11 Å². The van der Waals surface area contributed by atoms with Crippen LogP contribution in [0.2, 0.25) is 0 Å². The van der Waals surface area contributed by atoms with Gasteiger partial charge in [0, 0.05) is 17.5 Å². The molecule has 0 aliphatic rings. The van der Waals surface area contributed by atoms with E-state index < -0.39 is 0 Å². The van der Waals surface area contributed by atoms with Gasteiger partial charge < -0.3 is 10.1 Å². The van der Waals surface area contributed by atoms with Crippen LogP contribution in [0.5, 0.6) is 5.06 Å². The molecule has 0 saturated heterocycles. The molecule has 0 radical (unpaired) electrons. The first kappa shape index (κ1) is 14.0. The van der Waals surface area contributed by atoms with Gasteiger partial charge in [-0.25, -0.2) is 0 Å². The van der Waals surface area contributed by atoms with Crippen LogP contribution in [0.1, 0.15) is 32.1 Å². The molecule has 0 fully saturated rings. The molecule has 0 spiro atoms. The lowest BCUT2D eigenvalue weighted by atomic mass is 10.0. The molecule has 1 N–H and O–H groups in total. The minimum Gasteiger partial charge on any atom is -0.486 e. The van der Waals surface area contributed by atoms with Crippen molar-refractivity contribution in [2.45, 2.75) is 39.8 Å². The number of hydrogen-bond donors (Lipinski definition) is 1. The maximum Gasteiger partial charge on any atom is 0.188 e. The molecule has 0 amide bonds. The van der Waals surface area contributed by atoms with Crippen LogP contribution in [0, 0.1) is 5.92 Å². The van der Waals surface area contributed by atoms with Crippen molar-refractivity contribution in [3.63, 3.8) is 0 Å². The van der Waals surface area contributed by atoms with E-state index in [-0.39, 0.29) is 0 Å². The number of methoxy groups -OCH3 is 1. The molecule has 1 heterocycles. The van der Waals surface area contributed by atoms with Crippen molar-refractivity contribution in [3.8, 4) is 5.06 Å². The van der Waals surface area contributed by atoms with E-state index in [4.69, 9.17) is 4.74 Å². The number of thiophene rings is 1. The van der Waals surface area contributed by atoms with Gasteiger partial charge in [-0.15, -0.1) is 11.3 Å². The van der Waals surface area contributed by atoms with E-state index >= 15 is 0 Å². The minimum absolute atomic E-state index is 0.590. The third-order valence-corrected chi connectivity index (χ3v) is 4.62. The average molecular weight is 306 g/mol. The summed E-state index contributed by atoms with van der Waals surface area (Å²) in [7, 11) is 1.71. The Hall–Kier alpha value is -0.0600. The molecule has 1 unspecified atom stereocenters. The van der Waals surface area contributed by atoms with E-state index in [1.807, 2.05) is 0 Å². The highest BCUT2D eigenvalue weighted by Gasteiger charge is 2.12. The van der Waals surface area contributed by atoms with E-state index in [0.717, 1.165) is 16.1 Å². The van der Waals surface area contributed by atoms with E-state index in [9.17, 15) is 0 Å². The van der Waals surface area contributed by atoms with Crippen LogP contribution in [0.15, 0.2) is 10.5 Å². The van der Waals surface area contributed by atoms with Gasteiger partial charge in [-0.1, -0.05) is 20.8 Å². The summed E-state index contributed by atoms with van der Waals surface area (Å²) >= 11 is 5.18. The molecular formula is C12H20BrNOS. The largest absolute Gasteiger partial charge is 0.486 e. The zero-order valence-electron chi connectivity index (χ0n) is 10.3. The minimum atomic E-state index is 0.590. The standard InChI is InChI=1S/C12H20BrNOS/c1-5-11(8(2)3)14-7-9-6-10(13)12(15-4)16-9/h6,8,11,14H,5,7H2,1-4H3. The van der Waals surface area contributed by atoms with Crippen LogP contribution in [0.3, 0.4) is 0 Å². The highest BCUT2D eigenvalue weighted by atomic mass is 79.9. The summed E-state index contributed by atoms with van der Waals surface area (Å²) in [5.74, 6) is 0.676. The summed E-state index contributed by atoms with van der Waals surface area (Å²) in [6.07, 6.45) is 1.17. The summed E-state index contributed by atoms with van der Waals surface area (Å²) in [6.45, 7) is 7.66. The summed E-state index contributed by atoms with van der Waals surface area (Å²) < 4.78 is 6.30. The molecule has 92 valence electrons. The SMILES string of the molecule is CCC(NCc1cc(Br)c(OC)s1)C(C)C. The van der Waals surface area contributed by atoms with Gasteiger partial charge in [0.1, 0.15) is 0 Å². The highest BCUT2D eigenvalue weighted by molar-refractivity contribution is 9.10. The number of nitrogens with one attached hydrogen (secondary N) is 1. The van der Waals surface area contributed by atoms with Gasteiger partial charge in [-0.2, -0.15) is 0 Å². The summed E-state index contributed by atoms with van der Waals surface area (Å²) in [6, 6.07) is 2.72. The monoisotopic (exact) mass is 305 g/mol. The molecule has 0 saturated carbocycles. The van der Waals surface area contributed by atoms with Crippen LogP contribution in [0.4, 0.5) is 0 Å². The highest BCUT2D eigenvalue weighted by Crippen LogP contribution is 2.34. The predicted molar refractivity (Wildman–Crippen MR) is 74.3 cm³/mol. The lowest BCUT2D eigenvalue weighted by Crippen LogP contribution is -2.32. The first-order valence-corrected chi connectivity index (χ1v) is 7.25. The van der Waals surface area contributed by atoms with Gasteiger partial charge in [0.25, 0.3) is 0 Å². The lowest BCUT2D eigenvalue weighted by molar-refractivity contribution is 0.389. The fourth-order valence-corrected chi connectivity index (χ4v) is 3.35. The second kappa shape index (κ2) is 6.62. The summed E-state index contributed by atoms with van der Waals surface area (Å²) in [5.41, 5.74) is 0. The average Bonchev–Trinajstić information content (AvgIpc) is 2.59. The van der Waals surface area contributed by atoms with Gasteiger partial charge in [-0.3, -0.25) is 0 Å². The number of halogens is 1. The molecule has 4 heteroatoms. The molecule has 1 atom stereocenters. The molecule has 16 heavy (non-hydrogen) atoms. The fraction of sp³-hybridized carbons (Fsp3) is 0.667. The predicted octanol–water partition coefficient (Wildman–Crippen LogP) is 4.04. The maximum atomic E-state index is 5.25. The van der Waals surface area contributed by atoms with Crippen molar-refractivity contribution in [3.05, 3.63) is 15.4 Å². The Morgan fingerprint density at radius 3 is 2.62 bits per heavy atom. The normalized spacial score (nSPS) is 13.1. The number of ether oxygens (including phenoxy) is 1. The zero-order chi connectivity index (χ0) is 12.1. The van der Waals surface area contributed by atoms with E-state index in [1.165, 1.54) is 11.3 Å². The lowest BCUT2D eigenvalue weighted by Gasteiger charge is -2.20. The Morgan fingerprint density at radius 1 is 1.50 bits per heavy atom. The Morgan fingerprint density at radius 2 is 2.19 bits per heavy atom. The molecule has 1 rings (SSSR count). The second-order valence-corrected chi connectivity index (χ2v) is 6.15. The summed E-state index contributed by atoms with van der Waals surface area (Å²) in [5, 5.41) is 4.54. The molecule has 0 bridgehead atoms. The Balaban J connectivity index is 2.53. The molecule has 0 aromatic carbocycles. The smallest absolute Gasteiger partial charge is 0.188 e. The van der Waals surface area contributed by atoms with Crippen molar-refractivity contribution in [1.29, 1.82) is 0 Å². The van der Waals surface area contributed by atoms with Gasteiger partial charge in [0.05, 0.1) is 11.6 Å². The Bertz CT molecular complexity index is 325. The quantitative estimate of drug-likeness (QED) is 0.856. The Labute approximate surface area is 111 Å². The number of rotatable bonds is 6. The van der Waals surface area contributed by atoms with Crippen molar-refractivity contribution >= 4 is 27.3 Å². The van der Waals surface area contributed by atoms with E-state index in [2.05, 4.69) is 48.1 Å². The van der Waals surface area contributed by atoms with Crippen molar-refractivity contribution < 1.29 is 4.74 Å². The first-order chi connectivity index (χ1) is 7.58. The molecule has 0 aliphatic heterocycles. The van der Waals surface area contributed by atoms with Crippen LogP contribution in [-0.4, -0.2) is 13.2 Å². The van der Waals surface area contributed by atoms with Crippen LogP contribution in [0.25, 0.3) is 0 Å². The van der Waals surface area contributed by atoms with Crippen LogP contribution in [-0.2, 0) is 6.54 Å². The van der Waals surface area contributed by atoms with Crippen LogP contribution < -0.4 is 10.1 Å². The van der Waals surface area contributed by atoms with Gasteiger partial charge in [0.2, 0.25) is 0 Å². The zero-order valence-corrected chi connectivity index (χ0v) is 12.7. The third kappa shape index (κ3) is 3.75. The van der Waals surface area contributed by atoms with Crippen molar-refractivity contribution in [2.24, 2.45) is 5.92 Å². The molecule has 0 aliphatic carbocycles. The molecule has 1 aromatic rings.